The highest BCUT2D eigenvalue weighted by Crippen LogP contribution is 2.70. The molecule has 0 aromatic heterocycles. The van der Waals surface area contributed by atoms with Gasteiger partial charge in [0.15, 0.2) is 12.6 Å². The van der Waals surface area contributed by atoms with E-state index in [9.17, 15) is 58.9 Å². The van der Waals surface area contributed by atoms with Gasteiger partial charge >= 0.3 is 0 Å². The van der Waals surface area contributed by atoms with Crippen LogP contribution in [0.15, 0.2) is 12.2 Å². The number of hydrogen-bond donors (Lipinski definition) is 9. The van der Waals surface area contributed by atoms with Gasteiger partial charge in [-0.15, -0.1) is 0 Å². The van der Waals surface area contributed by atoms with Gasteiger partial charge in [-0.05, 0) is 78.9 Å². The van der Waals surface area contributed by atoms with Crippen LogP contribution in [-0.2, 0) is 33.5 Å². The number of fused-ring (bicyclic) bond motifs is 5. The third-order valence-corrected chi connectivity index (χ3v) is 14.9. The number of aliphatic hydroxyl groups is 9. The molecular formula is C37H61O17S-. The Morgan fingerprint density at radius 3 is 2.07 bits per heavy atom. The van der Waals surface area contributed by atoms with E-state index in [1.165, 1.54) is 0 Å². The lowest BCUT2D eigenvalue weighted by Crippen LogP contribution is -2.75. The topological polar surface area (TPSA) is 285 Å². The van der Waals surface area contributed by atoms with Crippen LogP contribution in [0.2, 0.25) is 0 Å². The molecule has 18 heteroatoms. The minimum Gasteiger partial charge on any atom is -0.726 e. The van der Waals surface area contributed by atoms with Gasteiger partial charge in [0.05, 0.1) is 37.6 Å². The molecule has 55 heavy (non-hydrogen) atoms. The highest BCUT2D eigenvalue weighted by molar-refractivity contribution is 7.80. The molecule has 0 spiro atoms. The fourth-order valence-corrected chi connectivity index (χ4v) is 12.1. The molecule has 6 fully saturated rings. The van der Waals surface area contributed by atoms with E-state index in [0.717, 1.165) is 0 Å². The van der Waals surface area contributed by atoms with Gasteiger partial charge in [-0.25, -0.2) is 8.42 Å². The maximum Gasteiger partial charge on any atom is 0.218 e. The molecule has 0 aromatic carbocycles. The van der Waals surface area contributed by atoms with Crippen LogP contribution in [0.25, 0.3) is 0 Å². The van der Waals surface area contributed by atoms with E-state index >= 15 is 0 Å². The smallest absolute Gasteiger partial charge is 0.218 e. The van der Waals surface area contributed by atoms with Crippen molar-refractivity contribution in [3.8, 4) is 0 Å². The summed E-state index contributed by atoms with van der Waals surface area (Å²) in [6.45, 7) is 9.09. The Kier molecular flexibility index (Phi) is 12.6. The van der Waals surface area contributed by atoms with Gasteiger partial charge in [0.25, 0.3) is 0 Å². The van der Waals surface area contributed by atoms with Crippen molar-refractivity contribution in [1.82, 2.24) is 0 Å². The van der Waals surface area contributed by atoms with Crippen LogP contribution in [0.1, 0.15) is 73.1 Å². The SMILES string of the molecule is CC(C)[C@H](/C=C/[C@@H](C)[C@H]1C[C@@H](O)[C@@H]2[C@]1(C)CC[C@@H]1[C@@]3(C)CC[C@H](O[C@@H]4OC[C@@H](O)[C@H](O)[C@H]4O)C[C@@H]3[C@@H](O)[C@@H](O)[C@]12O)O[C@@H]1OC[C@@H](O)[C@H](OS(=O)(=O)[O-])[C@H]1O. The summed E-state index contributed by atoms with van der Waals surface area (Å²) in [7, 11) is -5.24. The van der Waals surface area contributed by atoms with Crippen molar-refractivity contribution in [2.24, 2.45) is 46.3 Å². The van der Waals surface area contributed by atoms with Crippen LogP contribution in [0.5, 0.6) is 0 Å². The van der Waals surface area contributed by atoms with E-state index in [-0.39, 0.29) is 24.4 Å². The number of rotatable bonds is 10. The van der Waals surface area contributed by atoms with Crippen LogP contribution in [0.3, 0.4) is 0 Å². The molecule has 9 N–H and O–H groups in total. The summed E-state index contributed by atoms with van der Waals surface area (Å²) in [5.41, 5.74) is -3.10. The average Bonchev–Trinajstić information content (AvgIpc) is 3.39. The van der Waals surface area contributed by atoms with Crippen molar-refractivity contribution in [3.63, 3.8) is 0 Å². The zero-order valence-corrected chi connectivity index (χ0v) is 32.8. The Morgan fingerprint density at radius 1 is 0.782 bits per heavy atom. The molecule has 318 valence electrons. The highest BCUT2D eigenvalue weighted by atomic mass is 32.3. The maximum absolute atomic E-state index is 12.8. The molecule has 2 aliphatic heterocycles. The molecule has 6 aliphatic rings. The summed E-state index contributed by atoms with van der Waals surface area (Å²) in [6.07, 6.45) is -10.4. The second-order valence-electron chi connectivity index (χ2n) is 18.0. The Labute approximate surface area is 322 Å². The monoisotopic (exact) mass is 809 g/mol. The van der Waals surface area contributed by atoms with Crippen molar-refractivity contribution >= 4 is 10.4 Å². The molecule has 21 atom stereocenters. The summed E-state index contributed by atoms with van der Waals surface area (Å²) in [5, 5.41) is 99.5. The molecular weight excluding hydrogens is 748 g/mol. The summed E-state index contributed by atoms with van der Waals surface area (Å²) >= 11 is 0. The predicted molar refractivity (Wildman–Crippen MR) is 188 cm³/mol. The van der Waals surface area contributed by atoms with Crippen LogP contribution >= 0.6 is 0 Å². The van der Waals surface area contributed by atoms with Crippen LogP contribution < -0.4 is 0 Å². The first-order valence-electron chi connectivity index (χ1n) is 19.6. The first-order chi connectivity index (χ1) is 25.5. The Balaban J connectivity index is 1.16. The Hall–Kier alpha value is -0.910. The quantitative estimate of drug-likeness (QED) is 0.0534. The number of hydrogen-bond acceptors (Lipinski definition) is 17. The lowest BCUT2D eigenvalue weighted by Gasteiger charge is -2.67. The lowest BCUT2D eigenvalue weighted by molar-refractivity contribution is -0.321. The van der Waals surface area contributed by atoms with Gasteiger partial charge in [-0.1, -0.05) is 46.8 Å². The fraction of sp³-hybridized carbons (Fsp3) is 0.946. The minimum absolute atomic E-state index is 0.164. The van der Waals surface area contributed by atoms with Gasteiger partial charge in [-0.3, -0.25) is 4.18 Å². The normalized spacial score (nSPS) is 51.7. The first-order valence-corrected chi connectivity index (χ1v) is 20.9. The second-order valence-corrected chi connectivity index (χ2v) is 19.0. The van der Waals surface area contributed by atoms with Crippen LogP contribution in [0, 0.1) is 46.3 Å². The molecule has 4 saturated carbocycles. The van der Waals surface area contributed by atoms with Crippen molar-refractivity contribution in [2.45, 2.75) is 158 Å². The lowest BCUT2D eigenvalue weighted by atomic mass is 9.41. The summed E-state index contributed by atoms with van der Waals surface area (Å²) in [5.74, 6) is -2.23. The maximum atomic E-state index is 12.8. The summed E-state index contributed by atoms with van der Waals surface area (Å²) in [4.78, 5) is 0. The molecule has 0 radical (unpaired) electrons. The van der Waals surface area contributed by atoms with E-state index in [0.29, 0.717) is 38.5 Å². The van der Waals surface area contributed by atoms with E-state index in [1.807, 2.05) is 40.7 Å². The fourth-order valence-electron chi connectivity index (χ4n) is 11.6. The van der Waals surface area contributed by atoms with Crippen LogP contribution in [0.4, 0.5) is 0 Å². The molecule has 2 saturated heterocycles. The minimum atomic E-state index is -5.24. The van der Waals surface area contributed by atoms with Gasteiger partial charge in [0.1, 0.15) is 48.3 Å². The third-order valence-electron chi connectivity index (χ3n) is 14.5. The second kappa shape index (κ2) is 15.9. The molecule has 4 aliphatic carbocycles. The van der Waals surface area contributed by atoms with Crippen molar-refractivity contribution in [2.75, 3.05) is 13.2 Å². The molecule has 0 aromatic rings. The van der Waals surface area contributed by atoms with E-state index in [2.05, 4.69) is 4.18 Å². The third kappa shape index (κ3) is 7.82. The molecule has 6 rings (SSSR count). The van der Waals surface area contributed by atoms with Gasteiger partial charge < -0.3 is 69.5 Å². The number of allylic oxidation sites excluding steroid dienone is 1. The first kappa shape index (κ1) is 43.7. The van der Waals surface area contributed by atoms with Crippen LogP contribution in [-0.4, -0.2) is 157 Å². The molecule has 0 amide bonds. The standard InChI is InChI=1S/C37H62O17S/c1-16(2)24(53-34-29(44)30(23(40)15-51-34)54-55(47,48)49)7-6-17(3)19-13-21(38)31-36(19,5)11-9-25-35(4)10-8-18(12-20(35)26(41)32(45)37(25,31)46)52-33-28(43)27(42)22(39)14-50-33/h6-7,16-34,38-46H,8-15H2,1-5H3,(H,47,48,49)/p-1/b7-6+/t17-,18+,19-,20-,21-,22-,23-,24+,25-,26-,27+,28-,29-,30+,31-,32-,33+,34+,35+,36-,37+/m1/s1. The van der Waals surface area contributed by atoms with Crippen molar-refractivity contribution in [1.29, 1.82) is 0 Å². The van der Waals surface area contributed by atoms with Gasteiger partial charge in [0, 0.05) is 5.92 Å². The zero-order valence-electron chi connectivity index (χ0n) is 32.0. The van der Waals surface area contributed by atoms with Gasteiger partial charge in [0.2, 0.25) is 10.4 Å². The summed E-state index contributed by atoms with van der Waals surface area (Å²) in [6, 6.07) is 0. The highest BCUT2D eigenvalue weighted by Gasteiger charge is 2.74. The molecule has 0 unspecified atom stereocenters. The molecule has 0 bridgehead atoms. The predicted octanol–water partition coefficient (Wildman–Crippen LogP) is -1.35. The Morgan fingerprint density at radius 2 is 1.42 bits per heavy atom. The summed E-state index contributed by atoms with van der Waals surface area (Å²) < 4.78 is 61.0. The Bertz CT molecular complexity index is 1480. The zero-order chi connectivity index (χ0) is 40.6. The largest absolute Gasteiger partial charge is 0.726 e. The van der Waals surface area contributed by atoms with E-state index < -0.39 is 131 Å². The molecule has 2 heterocycles. The number of aliphatic hydroxyl groups excluding tert-OH is 8. The average molecular weight is 810 g/mol. The van der Waals surface area contributed by atoms with Crippen molar-refractivity contribution in [3.05, 3.63) is 12.2 Å². The molecule has 17 nitrogen and oxygen atoms in total. The number of ether oxygens (including phenoxy) is 4. The van der Waals surface area contributed by atoms with Gasteiger partial charge in [-0.2, -0.15) is 0 Å². The van der Waals surface area contributed by atoms with Crippen molar-refractivity contribution < 1.29 is 82.1 Å². The van der Waals surface area contributed by atoms with E-state index in [1.54, 1.807) is 6.08 Å². The van der Waals surface area contributed by atoms with E-state index in [4.69, 9.17) is 18.9 Å².